The highest BCUT2D eigenvalue weighted by Crippen LogP contribution is 2.30. The van der Waals surface area contributed by atoms with Gasteiger partial charge in [0.15, 0.2) is 0 Å². The Balaban J connectivity index is 1.51. The number of aromatic nitrogens is 1. The summed E-state index contributed by atoms with van der Waals surface area (Å²) in [6, 6.07) is 17.8. The van der Waals surface area contributed by atoms with Crippen molar-refractivity contribution in [2.75, 3.05) is 21.5 Å². The van der Waals surface area contributed by atoms with Crippen molar-refractivity contribution in [2.45, 2.75) is 24.7 Å². The Bertz CT molecular complexity index is 1160. The SMILES string of the molecule is CC(=O)N1CCCc2cc(S(=O)(=O)Nc3ccc(Nc4ccccc4)nc3)ccc21. The van der Waals surface area contributed by atoms with E-state index in [-0.39, 0.29) is 10.8 Å². The summed E-state index contributed by atoms with van der Waals surface area (Å²) in [7, 11) is -3.77. The van der Waals surface area contributed by atoms with Crippen LogP contribution in [-0.2, 0) is 21.2 Å². The summed E-state index contributed by atoms with van der Waals surface area (Å²) < 4.78 is 28.3. The van der Waals surface area contributed by atoms with Crippen LogP contribution in [0.4, 0.5) is 22.9 Å². The molecule has 0 saturated carbocycles. The number of carbonyl (C=O) groups is 1. The minimum atomic E-state index is -3.77. The summed E-state index contributed by atoms with van der Waals surface area (Å²) in [5.41, 5.74) is 2.91. The molecule has 1 aliphatic heterocycles. The van der Waals surface area contributed by atoms with E-state index in [1.54, 1.807) is 29.2 Å². The number of fused-ring (bicyclic) bond motifs is 1. The Morgan fingerprint density at radius 2 is 1.83 bits per heavy atom. The fourth-order valence-electron chi connectivity index (χ4n) is 3.48. The highest BCUT2D eigenvalue weighted by atomic mass is 32.2. The van der Waals surface area contributed by atoms with Crippen LogP contribution in [0.2, 0.25) is 0 Å². The smallest absolute Gasteiger partial charge is 0.261 e. The number of nitrogens with zero attached hydrogens (tertiary/aromatic N) is 2. The standard InChI is InChI=1S/C22H22N4O3S/c1-16(27)26-13-5-6-17-14-20(10-11-21(17)26)30(28,29)25-19-9-12-22(23-15-19)24-18-7-3-2-4-8-18/h2-4,7-12,14-15,25H,5-6,13H2,1H3,(H,23,24). The molecule has 0 unspecified atom stereocenters. The predicted octanol–water partition coefficient (Wildman–Crippen LogP) is 3.93. The topological polar surface area (TPSA) is 91.4 Å². The van der Waals surface area contributed by atoms with Crippen LogP contribution >= 0.6 is 0 Å². The van der Waals surface area contributed by atoms with Crippen LogP contribution in [0, 0.1) is 0 Å². The van der Waals surface area contributed by atoms with E-state index in [4.69, 9.17) is 0 Å². The number of sulfonamides is 1. The van der Waals surface area contributed by atoms with Gasteiger partial charge >= 0.3 is 0 Å². The molecule has 8 heteroatoms. The number of anilines is 4. The zero-order valence-electron chi connectivity index (χ0n) is 16.5. The van der Waals surface area contributed by atoms with Gasteiger partial charge in [0.05, 0.1) is 16.8 Å². The predicted molar refractivity (Wildman–Crippen MR) is 118 cm³/mol. The maximum Gasteiger partial charge on any atom is 0.261 e. The van der Waals surface area contributed by atoms with E-state index in [9.17, 15) is 13.2 Å². The zero-order chi connectivity index (χ0) is 21.1. The van der Waals surface area contributed by atoms with Gasteiger partial charge in [0, 0.05) is 24.8 Å². The number of nitrogens with one attached hydrogen (secondary N) is 2. The van der Waals surface area contributed by atoms with E-state index in [1.165, 1.54) is 19.2 Å². The molecule has 0 atom stereocenters. The lowest BCUT2D eigenvalue weighted by atomic mass is 10.0. The van der Waals surface area contributed by atoms with Gasteiger partial charge in [-0.1, -0.05) is 18.2 Å². The van der Waals surface area contributed by atoms with Gasteiger partial charge in [0.1, 0.15) is 5.82 Å². The highest BCUT2D eigenvalue weighted by molar-refractivity contribution is 7.92. The minimum Gasteiger partial charge on any atom is -0.340 e. The molecule has 2 N–H and O–H groups in total. The van der Waals surface area contributed by atoms with Crippen molar-refractivity contribution in [3.8, 4) is 0 Å². The van der Waals surface area contributed by atoms with Crippen LogP contribution in [0.3, 0.4) is 0 Å². The Morgan fingerprint density at radius 3 is 2.53 bits per heavy atom. The molecule has 1 aromatic heterocycles. The first-order valence-corrected chi connectivity index (χ1v) is 11.1. The Labute approximate surface area is 175 Å². The molecule has 3 aromatic rings. The zero-order valence-corrected chi connectivity index (χ0v) is 17.3. The van der Waals surface area contributed by atoms with Gasteiger partial charge in [-0.3, -0.25) is 9.52 Å². The molecule has 0 radical (unpaired) electrons. The van der Waals surface area contributed by atoms with Gasteiger partial charge in [0.2, 0.25) is 5.91 Å². The van der Waals surface area contributed by atoms with E-state index in [0.717, 1.165) is 29.8 Å². The molecule has 0 bridgehead atoms. The average Bonchev–Trinajstić information content (AvgIpc) is 2.75. The summed E-state index contributed by atoms with van der Waals surface area (Å²) in [5, 5.41) is 3.15. The van der Waals surface area contributed by atoms with Gasteiger partial charge in [-0.2, -0.15) is 0 Å². The third-order valence-electron chi connectivity index (χ3n) is 4.92. The number of benzene rings is 2. The van der Waals surface area contributed by atoms with Crippen molar-refractivity contribution in [1.29, 1.82) is 0 Å². The molecule has 30 heavy (non-hydrogen) atoms. The lowest BCUT2D eigenvalue weighted by molar-refractivity contribution is -0.116. The second-order valence-corrected chi connectivity index (χ2v) is 8.78. The molecule has 0 aliphatic carbocycles. The second kappa shape index (κ2) is 8.16. The monoisotopic (exact) mass is 422 g/mol. The van der Waals surface area contributed by atoms with E-state index >= 15 is 0 Å². The van der Waals surface area contributed by atoms with Crippen LogP contribution in [-0.4, -0.2) is 25.9 Å². The number of para-hydroxylation sites is 1. The largest absolute Gasteiger partial charge is 0.340 e. The summed E-state index contributed by atoms with van der Waals surface area (Å²) in [6.07, 6.45) is 3.02. The lowest BCUT2D eigenvalue weighted by Crippen LogP contribution is -2.33. The van der Waals surface area contributed by atoms with Crippen LogP contribution in [0.5, 0.6) is 0 Å². The molecule has 0 spiro atoms. The molecule has 0 saturated heterocycles. The molecule has 154 valence electrons. The number of pyridine rings is 1. The van der Waals surface area contributed by atoms with Gasteiger partial charge in [-0.25, -0.2) is 13.4 Å². The molecule has 4 rings (SSSR count). The van der Waals surface area contributed by atoms with Gasteiger partial charge in [0.25, 0.3) is 10.0 Å². The van der Waals surface area contributed by atoms with Gasteiger partial charge in [-0.15, -0.1) is 0 Å². The average molecular weight is 423 g/mol. The molecule has 1 amide bonds. The Morgan fingerprint density at radius 1 is 1.03 bits per heavy atom. The first-order chi connectivity index (χ1) is 14.4. The van der Waals surface area contributed by atoms with Crippen molar-refractivity contribution in [1.82, 2.24) is 4.98 Å². The van der Waals surface area contributed by atoms with Crippen molar-refractivity contribution in [3.63, 3.8) is 0 Å². The molecular weight excluding hydrogens is 400 g/mol. The molecule has 1 aliphatic rings. The quantitative estimate of drug-likeness (QED) is 0.650. The van der Waals surface area contributed by atoms with Crippen LogP contribution in [0.1, 0.15) is 18.9 Å². The molecule has 2 heterocycles. The van der Waals surface area contributed by atoms with Crippen LogP contribution in [0.25, 0.3) is 0 Å². The maximum atomic E-state index is 12.8. The van der Waals surface area contributed by atoms with Gasteiger partial charge < -0.3 is 10.2 Å². The summed E-state index contributed by atoms with van der Waals surface area (Å²) >= 11 is 0. The van der Waals surface area contributed by atoms with Crippen LogP contribution in [0.15, 0.2) is 71.8 Å². The number of amides is 1. The molecular formula is C22H22N4O3S. The number of rotatable bonds is 5. The van der Waals surface area contributed by atoms with E-state index in [2.05, 4.69) is 15.0 Å². The third kappa shape index (κ3) is 4.28. The highest BCUT2D eigenvalue weighted by Gasteiger charge is 2.23. The van der Waals surface area contributed by atoms with Crippen LogP contribution < -0.4 is 14.9 Å². The van der Waals surface area contributed by atoms with Crippen molar-refractivity contribution in [3.05, 3.63) is 72.4 Å². The first kappa shape index (κ1) is 19.9. The van der Waals surface area contributed by atoms with Crippen molar-refractivity contribution >= 4 is 38.8 Å². The minimum absolute atomic E-state index is 0.0417. The number of carbonyl (C=O) groups excluding carboxylic acids is 1. The van der Waals surface area contributed by atoms with Gasteiger partial charge in [-0.05, 0) is 60.9 Å². The van der Waals surface area contributed by atoms with E-state index in [1.807, 2.05) is 30.3 Å². The number of hydrogen-bond acceptors (Lipinski definition) is 5. The fourth-order valence-corrected chi connectivity index (χ4v) is 4.57. The summed E-state index contributed by atoms with van der Waals surface area (Å²) in [4.78, 5) is 17.9. The molecule has 7 nitrogen and oxygen atoms in total. The third-order valence-corrected chi connectivity index (χ3v) is 6.30. The number of aryl methyl sites for hydroxylation is 1. The Hall–Kier alpha value is -3.39. The maximum absolute atomic E-state index is 12.8. The molecule has 2 aromatic carbocycles. The lowest BCUT2D eigenvalue weighted by Gasteiger charge is -2.28. The van der Waals surface area contributed by atoms with Crippen molar-refractivity contribution < 1.29 is 13.2 Å². The second-order valence-electron chi connectivity index (χ2n) is 7.09. The normalized spacial score (nSPS) is 13.4. The van der Waals surface area contributed by atoms with Crippen molar-refractivity contribution in [2.24, 2.45) is 0 Å². The fraction of sp³-hybridized carbons (Fsp3) is 0.182. The first-order valence-electron chi connectivity index (χ1n) is 9.64. The Kier molecular flexibility index (Phi) is 5.41. The summed E-state index contributed by atoms with van der Waals surface area (Å²) in [5.74, 6) is 0.571. The number of hydrogen-bond donors (Lipinski definition) is 2. The van der Waals surface area contributed by atoms with E-state index < -0.39 is 10.0 Å². The van der Waals surface area contributed by atoms with E-state index in [0.29, 0.717) is 18.1 Å². The molecule has 0 fully saturated rings. The summed E-state index contributed by atoms with van der Waals surface area (Å²) in [6.45, 7) is 2.17.